The van der Waals surface area contributed by atoms with Crippen molar-refractivity contribution in [3.05, 3.63) is 24.0 Å². The SMILES string of the molecule is COc1cncc(C(=O)CC2OCCO2)c1. The monoisotopic (exact) mass is 223 g/mol. The highest BCUT2D eigenvalue weighted by atomic mass is 16.7. The number of rotatable bonds is 4. The Balaban J connectivity index is 2.01. The Bertz CT molecular complexity index is 374. The Kier molecular flexibility index (Phi) is 3.48. The molecule has 1 aromatic rings. The minimum Gasteiger partial charge on any atom is -0.495 e. The summed E-state index contributed by atoms with van der Waals surface area (Å²) in [7, 11) is 1.54. The molecule has 2 heterocycles. The van der Waals surface area contributed by atoms with Crippen molar-refractivity contribution in [1.82, 2.24) is 4.98 Å². The van der Waals surface area contributed by atoms with Crippen LogP contribution in [0.2, 0.25) is 0 Å². The molecule has 0 bridgehead atoms. The Hall–Kier alpha value is -1.46. The predicted molar refractivity (Wildman–Crippen MR) is 55.4 cm³/mol. The van der Waals surface area contributed by atoms with E-state index in [1.54, 1.807) is 12.3 Å². The molecule has 0 N–H and O–H groups in total. The summed E-state index contributed by atoms with van der Waals surface area (Å²) in [6.07, 6.45) is 2.87. The van der Waals surface area contributed by atoms with Crippen LogP contribution in [-0.2, 0) is 9.47 Å². The van der Waals surface area contributed by atoms with E-state index in [9.17, 15) is 4.79 Å². The molecule has 0 spiro atoms. The predicted octanol–water partition coefficient (Wildman–Crippen LogP) is 1.04. The van der Waals surface area contributed by atoms with Gasteiger partial charge >= 0.3 is 0 Å². The zero-order valence-corrected chi connectivity index (χ0v) is 9.01. The summed E-state index contributed by atoms with van der Waals surface area (Å²) in [6.45, 7) is 1.10. The summed E-state index contributed by atoms with van der Waals surface area (Å²) in [5.74, 6) is 0.511. The zero-order chi connectivity index (χ0) is 11.4. The first-order valence-corrected chi connectivity index (χ1v) is 5.05. The van der Waals surface area contributed by atoms with Gasteiger partial charge in [-0.15, -0.1) is 0 Å². The smallest absolute Gasteiger partial charge is 0.169 e. The van der Waals surface area contributed by atoms with E-state index in [1.165, 1.54) is 13.3 Å². The number of hydrogen-bond donors (Lipinski definition) is 0. The molecule has 5 nitrogen and oxygen atoms in total. The Labute approximate surface area is 93.3 Å². The van der Waals surface area contributed by atoms with Crippen LogP contribution in [0, 0.1) is 0 Å². The third kappa shape index (κ3) is 2.56. The van der Waals surface area contributed by atoms with Crippen LogP contribution in [0.3, 0.4) is 0 Å². The van der Waals surface area contributed by atoms with Crippen molar-refractivity contribution in [2.75, 3.05) is 20.3 Å². The summed E-state index contributed by atoms with van der Waals surface area (Å²) in [5, 5.41) is 0. The van der Waals surface area contributed by atoms with Gasteiger partial charge in [0.25, 0.3) is 0 Å². The highest BCUT2D eigenvalue weighted by Gasteiger charge is 2.20. The van der Waals surface area contributed by atoms with Gasteiger partial charge in [0, 0.05) is 11.8 Å². The van der Waals surface area contributed by atoms with Crippen LogP contribution >= 0.6 is 0 Å². The molecule has 5 heteroatoms. The first-order valence-electron chi connectivity index (χ1n) is 5.05. The lowest BCUT2D eigenvalue weighted by Crippen LogP contribution is -2.14. The normalized spacial score (nSPS) is 16.3. The number of pyridine rings is 1. The van der Waals surface area contributed by atoms with Crippen LogP contribution in [-0.4, -0.2) is 37.4 Å². The molecule has 0 atom stereocenters. The number of Topliss-reactive ketones (excluding diaryl/α,β-unsaturated/α-hetero) is 1. The van der Waals surface area contributed by atoms with Gasteiger partial charge in [0.15, 0.2) is 12.1 Å². The van der Waals surface area contributed by atoms with Gasteiger partial charge in [-0.25, -0.2) is 0 Å². The van der Waals surface area contributed by atoms with E-state index < -0.39 is 6.29 Å². The second kappa shape index (κ2) is 5.05. The molecule has 1 fully saturated rings. The van der Waals surface area contributed by atoms with Gasteiger partial charge in [-0.1, -0.05) is 0 Å². The summed E-state index contributed by atoms with van der Waals surface area (Å²) in [5.41, 5.74) is 0.512. The van der Waals surface area contributed by atoms with Crippen molar-refractivity contribution < 1.29 is 19.0 Å². The van der Waals surface area contributed by atoms with E-state index in [4.69, 9.17) is 14.2 Å². The highest BCUT2D eigenvalue weighted by molar-refractivity contribution is 5.96. The second-order valence-electron chi connectivity index (χ2n) is 3.41. The molecule has 0 unspecified atom stereocenters. The van der Waals surface area contributed by atoms with E-state index in [1.807, 2.05) is 0 Å². The molecule has 0 aliphatic carbocycles. The van der Waals surface area contributed by atoms with Crippen LogP contribution in [0.4, 0.5) is 0 Å². The fourth-order valence-corrected chi connectivity index (χ4v) is 1.48. The highest BCUT2D eigenvalue weighted by Crippen LogP contribution is 2.15. The molecule has 1 aromatic heterocycles. The quantitative estimate of drug-likeness (QED) is 0.714. The van der Waals surface area contributed by atoms with E-state index in [-0.39, 0.29) is 12.2 Å². The van der Waals surface area contributed by atoms with E-state index in [2.05, 4.69) is 4.98 Å². The zero-order valence-electron chi connectivity index (χ0n) is 9.01. The molecular formula is C11H13NO4. The number of nitrogens with zero attached hydrogens (tertiary/aromatic N) is 1. The third-order valence-corrected chi connectivity index (χ3v) is 2.31. The maximum Gasteiger partial charge on any atom is 0.169 e. The summed E-state index contributed by atoms with van der Waals surface area (Å²) >= 11 is 0. The van der Waals surface area contributed by atoms with Gasteiger partial charge in [-0.05, 0) is 6.07 Å². The van der Waals surface area contributed by atoms with Crippen molar-refractivity contribution in [2.45, 2.75) is 12.7 Å². The lowest BCUT2D eigenvalue weighted by atomic mass is 10.1. The molecule has 0 saturated carbocycles. The standard InChI is InChI=1S/C11H13NO4/c1-14-9-4-8(6-12-7-9)10(13)5-11-15-2-3-16-11/h4,6-7,11H,2-3,5H2,1H3. The summed E-state index contributed by atoms with van der Waals surface area (Å²) in [4.78, 5) is 15.7. The number of carbonyl (C=O) groups excluding carboxylic acids is 1. The van der Waals surface area contributed by atoms with E-state index in [0.717, 1.165) is 0 Å². The molecule has 1 aliphatic heterocycles. The molecule has 16 heavy (non-hydrogen) atoms. The Morgan fingerprint density at radius 1 is 1.50 bits per heavy atom. The Morgan fingerprint density at radius 2 is 2.25 bits per heavy atom. The lowest BCUT2D eigenvalue weighted by Gasteiger charge is -2.08. The van der Waals surface area contributed by atoms with Gasteiger partial charge in [-0.3, -0.25) is 9.78 Å². The number of aromatic nitrogens is 1. The minimum atomic E-state index is -0.418. The molecular weight excluding hydrogens is 210 g/mol. The van der Waals surface area contributed by atoms with Gasteiger partial charge in [0.05, 0.1) is 32.9 Å². The van der Waals surface area contributed by atoms with Crippen LogP contribution in [0.1, 0.15) is 16.8 Å². The topological polar surface area (TPSA) is 57.7 Å². The van der Waals surface area contributed by atoms with Crippen LogP contribution in [0.15, 0.2) is 18.5 Å². The number of ketones is 1. The van der Waals surface area contributed by atoms with Crippen molar-refractivity contribution in [2.24, 2.45) is 0 Å². The number of hydrogen-bond acceptors (Lipinski definition) is 5. The number of ether oxygens (including phenoxy) is 3. The van der Waals surface area contributed by atoms with Crippen molar-refractivity contribution in [1.29, 1.82) is 0 Å². The van der Waals surface area contributed by atoms with Crippen molar-refractivity contribution in [3.8, 4) is 5.75 Å². The van der Waals surface area contributed by atoms with Crippen molar-refractivity contribution in [3.63, 3.8) is 0 Å². The number of methoxy groups -OCH3 is 1. The van der Waals surface area contributed by atoms with E-state index in [0.29, 0.717) is 24.5 Å². The van der Waals surface area contributed by atoms with Gasteiger partial charge in [0.2, 0.25) is 0 Å². The fourth-order valence-electron chi connectivity index (χ4n) is 1.48. The molecule has 0 amide bonds. The van der Waals surface area contributed by atoms with Crippen LogP contribution in [0.25, 0.3) is 0 Å². The maximum atomic E-state index is 11.8. The molecule has 1 saturated heterocycles. The first-order chi connectivity index (χ1) is 7.79. The molecule has 0 aromatic carbocycles. The number of carbonyl (C=O) groups is 1. The lowest BCUT2D eigenvalue weighted by molar-refractivity contribution is -0.0407. The minimum absolute atomic E-state index is 0.0571. The summed E-state index contributed by atoms with van der Waals surface area (Å²) < 4.78 is 15.4. The third-order valence-electron chi connectivity index (χ3n) is 2.31. The fraction of sp³-hybridized carbons (Fsp3) is 0.455. The largest absolute Gasteiger partial charge is 0.495 e. The molecule has 0 radical (unpaired) electrons. The molecule has 1 aliphatic rings. The van der Waals surface area contributed by atoms with Gasteiger partial charge in [0.1, 0.15) is 5.75 Å². The van der Waals surface area contributed by atoms with Crippen LogP contribution < -0.4 is 4.74 Å². The maximum absolute atomic E-state index is 11.8. The average molecular weight is 223 g/mol. The second-order valence-corrected chi connectivity index (χ2v) is 3.41. The Morgan fingerprint density at radius 3 is 2.94 bits per heavy atom. The van der Waals surface area contributed by atoms with Gasteiger partial charge < -0.3 is 14.2 Å². The van der Waals surface area contributed by atoms with E-state index >= 15 is 0 Å². The first kappa shape index (κ1) is 11.0. The van der Waals surface area contributed by atoms with Gasteiger partial charge in [-0.2, -0.15) is 0 Å². The summed E-state index contributed by atoms with van der Waals surface area (Å²) in [6, 6.07) is 1.66. The molecule has 2 rings (SSSR count). The van der Waals surface area contributed by atoms with Crippen LogP contribution in [0.5, 0.6) is 5.75 Å². The average Bonchev–Trinajstić information content (AvgIpc) is 2.82. The van der Waals surface area contributed by atoms with Crippen molar-refractivity contribution >= 4 is 5.78 Å². The molecule has 86 valence electrons.